The van der Waals surface area contributed by atoms with Gasteiger partial charge in [-0.05, 0) is 52.2 Å². The monoisotopic (exact) mass is 274 g/mol. The van der Waals surface area contributed by atoms with Crippen LogP contribution in [0.25, 0.3) is 10.9 Å². The lowest BCUT2D eigenvalue weighted by molar-refractivity contribution is 0.101. The molecule has 0 spiro atoms. The number of Topliss-reactive ketones (excluding diaryl/α,β-unsaturated/α-hetero) is 1. The molecule has 1 aromatic heterocycles. The number of benzene rings is 1. The summed E-state index contributed by atoms with van der Waals surface area (Å²) in [4.78, 5) is 14.0. The lowest BCUT2D eigenvalue weighted by Crippen LogP contribution is -2.14. The van der Waals surface area contributed by atoms with E-state index in [-0.39, 0.29) is 5.78 Å². The van der Waals surface area contributed by atoms with Crippen molar-refractivity contribution in [3.8, 4) is 5.75 Å². The van der Waals surface area contributed by atoms with Gasteiger partial charge in [0, 0.05) is 29.2 Å². The van der Waals surface area contributed by atoms with E-state index in [9.17, 15) is 4.79 Å². The fourth-order valence-corrected chi connectivity index (χ4v) is 2.43. The standard InChI is InChI=1S/C16H22N2O2/c1-12(19)15-11-18(9-5-8-17(2)3)16-7-6-13(20-4)10-14(15)16/h6-7,10-11H,5,8-9H2,1-4H3. The maximum Gasteiger partial charge on any atom is 0.161 e. The van der Waals surface area contributed by atoms with Gasteiger partial charge in [0.2, 0.25) is 0 Å². The normalized spacial score (nSPS) is 11.2. The molecule has 108 valence electrons. The summed E-state index contributed by atoms with van der Waals surface area (Å²) in [6.45, 7) is 3.55. The number of hydrogen-bond donors (Lipinski definition) is 0. The van der Waals surface area contributed by atoms with Gasteiger partial charge in [0.05, 0.1) is 7.11 Å². The van der Waals surface area contributed by atoms with E-state index in [2.05, 4.69) is 23.6 Å². The summed E-state index contributed by atoms with van der Waals surface area (Å²) in [5.74, 6) is 0.876. The van der Waals surface area contributed by atoms with Crippen molar-refractivity contribution >= 4 is 16.7 Å². The zero-order chi connectivity index (χ0) is 14.7. The Morgan fingerprint density at radius 3 is 2.70 bits per heavy atom. The molecule has 4 nitrogen and oxygen atoms in total. The summed E-state index contributed by atoms with van der Waals surface area (Å²) < 4.78 is 7.41. The summed E-state index contributed by atoms with van der Waals surface area (Å²) in [6.07, 6.45) is 3.02. The number of fused-ring (bicyclic) bond motifs is 1. The topological polar surface area (TPSA) is 34.5 Å². The molecule has 0 unspecified atom stereocenters. The van der Waals surface area contributed by atoms with Crippen molar-refractivity contribution in [3.63, 3.8) is 0 Å². The molecular formula is C16H22N2O2. The minimum absolute atomic E-state index is 0.0922. The summed E-state index contributed by atoms with van der Waals surface area (Å²) in [5.41, 5.74) is 1.86. The van der Waals surface area contributed by atoms with Crippen LogP contribution in [0.3, 0.4) is 0 Å². The highest BCUT2D eigenvalue weighted by molar-refractivity contribution is 6.07. The molecule has 0 atom stereocenters. The molecule has 0 aliphatic rings. The van der Waals surface area contributed by atoms with Crippen LogP contribution in [0.4, 0.5) is 0 Å². The van der Waals surface area contributed by atoms with E-state index in [4.69, 9.17) is 4.74 Å². The van der Waals surface area contributed by atoms with E-state index < -0.39 is 0 Å². The highest BCUT2D eigenvalue weighted by Gasteiger charge is 2.12. The molecule has 4 heteroatoms. The number of carbonyl (C=O) groups is 1. The van der Waals surface area contributed by atoms with Gasteiger partial charge in [0.25, 0.3) is 0 Å². The van der Waals surface area contributed by atoms with Gasteiger partial charge in [0.15, 0.2) is 5.78 Å². The van der Waals surface area contributed by atoms with Gasteiger partial charge in [-0.15, -0.1) is 0 Å². The predicted molar refractivity (Wildman–Crippen MR) is 81.7 cm³/mol. The Labute approximate surface area is 119 Å². The second kappa shape index (κ2) is 6.09. The molecule has 2 rings (SSSR count). The number of ether oxygens (including phenoxy) is 1. The average Bonchev–Trinajstić information content (AvgIpc) is 2.76. The summed E-state index contributed by atoms with van der Waals surface area (Å²) in [7, 11) is 5.78. The molecule has 0 radical (unpaired) electrons. The van der Waals surface area contributed by atoms with Crippen molar-refractivity contribution in [2.45, 2.75) is 19.9 Å². The van der Waals surface area contributed by atoms with Crippen molar-refractivity contribution < 1.29 is 9.53 Å². The first-order valence-electron chi connectivity index (χ1n) is 6.85. The SMILES string of the molecule is COc1ccc2c(c1)c(C(C)=O)cn2CCCN(C)C. The van der Waals surface area contributed by atoms with E-state index in [1.54, 1.807) is 14.0 Å². The van der Waals surface area contributed by atoms with E-state index in [1.165, 1.54) is 0 Å². The Morgan fingerprint density at radius 2 is 2.10 bits per heavy atom. The second-order valence-corrected chi connectivity index (χ2v) is 5.33. The Kier molecular flexibility index (Phi) is 4.45. The van der Waals surface area contributed by atoms with Crippen LogP contribution >= 0.6 is 0 Å². The van der Waals surface area contributed by atoms with Crippen LogP contribution in [0.2, 0.25) is 0 Å². The summed E-state index contributed by atoms with van der Waals surface area (Å²) in [6, 6.07) is 5.90. The third kappa shape index (κ3) is 3.02. The van der Waals surface area contributed by atoms with Crippen LogP contribution in [0, 0.1) is 0 Å². The third-order valence-electron chi connectivity index (χ3n) is 3.47. The minimum Gasteiger partial charge on any atom is -0.497 e. The quantitative estimate of drug-likeness (QED) is 0.760. The molecule has 20 heavy (non-hydrogen) atoms. The molecule has 1 aromatic carbocycles. The van der Waals surface area contributed by atoms with E-state index in [1.807, 2.05) is 24.4 Å². The molecular weight excluding hydrogens is 252 g/mol. The Morgan fingerprint density at radius 1 is 1.35 bits per heavy atom. The minimum atomic E-state index is 0.0922. The van der Waals surface area contributed by atoms with Gasteiger partial charge in [-0.3, -0.25) is 4.79 Å². The van der Waals surface area contributed by atoms with Gasteiger partial charge in [-0.1, -0.05) is 0 Å². The van der Waals surface area contributed by atoms with Crippen molar-refractivity contribution in [3.05, 3.63) is 30.0 Å². The van der Waals surface area contributed by atoms with Gasteiger partial charge in [0.1, 0.15) is 5.75 Å². The van der Waals surface area contributed by atoms with E-state index in [0.717, 1.165) is 41.7 Å². The third-order valence-corrected chi connectivity index (χ3v) is 3.47. The van der Waals surface area contributed by atoms with Gasteiger partial charge in [-0.2, -0.15) is 0 Å². The Hall–Kier alpha value is -1.81. The molecule has 2 aromatic rings. The molecule has 0 amide bonds. The summed E-state index contributed by atoms with van der Waals surface area (Å²) >= 11 is 0. The molecule has 0 aliphatic heterocycles. The van der Waals surface area contributed by atoms with Crippen LogP contribution in [-0.2, 0) is 6.54 Å². The largest absolute Gasteiger partial charge is 0.497 e. The van der Waals surface area contributed by atoms with Crippen LogP contribution in [0.5, 0.6) is 5.75 Å². The van der Waals surface area contributed by atoms with Gasteiger partial charge in [-0.25, -0.2) is 0 Å². The van der Waals surface area contributed by atoms with E-state index in [0.29, 0.717) is 0 Å². The van der Waals surface area contributed by atoms with Crippen LogP contribution in [0.15, 0.2) is 24.4 Å². The predicted octanol–water partition coefficient (Wildman–Crippen LogP) is 2.80. The highest BCUT2D eigenvalue weighted by Crippen LogP contribution is 2.26. The number of aromatic nitrogens is 1. The van der Waals surface area contributed by atoms with Crippen molar-refractivity contribution in [1.82, 2.24) is 9.47 Å². The number of carbonyl (C=O) groups excluding carboxylic acids is 1. The fourth-order valence-electron chi connectivity index (χ4n) is 2.43. The van der Waals surface area contributed by atoms with Crippen molar-refractivity contribution in [1.29, 1.82) is 0 Å². The number of hydrogen-bond acceptors (Lipinski definition) is 3. The number of nitrogens with zero attached hydrogens (tertiary/aromatic N) is 2. The Bertz CT molecular complexity index is 614. The first kappa shape index (κ1) is 14.6. The molecule has 0 fully saturated rings. The molecule has 0 saturated heterocycles. The first-order chi connectivity index (χ1) is 9.52. The number of ketones is 1. The molecule has 0 N–H and O–H groups in total. The Balaban J connectivity index is 2.37. The first-order valence-corrected chi connectivity index (χ1v) is 6.85. The molecule has 1 heterocycles. The maximum atomic E-state index is 11.8. The number of methoxy groups -OCH3 is 1. The lowest BCUT2D eigenvalue weighted by Gasteiger charge is -2.10. The average molecular weight is 274 g/mol. The fraction of sp³-hybridized carbons (Fsp3) is 0.438. The summed E-state index contributed by atoms with van der Waals surface area (Å²) in [5, 5.41) is 0.974. The zero-order valence-corrected chi connectivity index (χ0v) is 12.6. The molecule has 0 aliphatic carbocycles. The van der Waals surface area contributed by atoms with Gasteiger partial charge < -0.3 is 14.2 Å². The number of aryl methyl sites for hydroxylation is 1. The number of rotatable bonds is 6. The highest BCUT2D eigenvalue weighted by atomic mass is 16.5. The second-order valence-electron chi connectivity index (χ2n) is 5.33. The zero-order valence-electron chi connectivity index (χ0n) is 12.6. The lowest BCUT2D eigenvalue weighted by atomic mass is 10.1. The van der Waals surface area contributed by atoms with Crippen LogP contribution < -0.4 is 4.74 Å². The van der Waals surface area contributed by atoms with Crippen LogP contribution in [0.1, 0.15) is 23.7 Å². The molecule has 0 bridgehead atoms. The maximum absolute atomic E-state index is 11.8. The van der Waals surface area contributed by atoms with Crippen molar-refractivity contribution in [2.24, 2.45) is 0 Å². The van der Waals surface area contributed by atoms with Gasteiger partial charge >= 0.3 is 0 Å². The smallest absolute Gasteiger partial charge is 0.161 e. The molecule has 0 saturated carbocycles. The van der Waals surface area contributed by atoms with E-state index >= 15 is 0 Å². The van der Waals surface area contributed by atoms with Crippen LogP contribution in [-0.4, -0.2) is 43.0 Å². The van der Waals surface area contributed by atoms with Crippen molar-refractivity contribution in [2.75, 3.05) is 27.7 Å².